The van der Waals surface area contributed by atoms with Gasteiger partial charge in [-0.2, -0.15) is 5.10 Å². The molecule has 0 spiro atoms. The van der Waals surface area contributed by atoms with E-state index in [2.05, 4.69) is 53.8 Å². The molecule has 4 heterocycles. The van der Waals surface area contributed by atoms with Gasteiger partial charge in [-0.05, 0) is 23.3 Å². The van der Waals surface area contributed by atoms with Gasteiger partial charge in [-0.3, -0.25) is 4.68 Å². The first-order valence-electron chi connectivity index (χ1n) is 10.3. The molecular weight excluding hydrogens is 456 g/mol. The fourth-order valence-electron chi connectivity index (χ4n) is 3.54. The molecule has 0 saturated carbocycles. The molecule has 0 aliphatic carbocycles. The fraction of sp³-hybridized carbons (Fsp3) is 0.143. The van der Waals surface area contributed by atoms with E-state index in [1.54, 1.807) is 4.68 Å². The van der Waals surface area contributed by atoms with Gasteiger partial charge in [0.1, 0.15) is 12.1 Å². The summed E-state index contributed by atoms with van der Waals surface area (Å²) in [7, 11) is -1.58. The van der Waals surface area contributed by atoms with Crippen LogP contribution in [0.3, 0.4) is 0 Å². The number of aromatic nitrogens is 7. The average Bonchev–Trinajstić information content (AvgIpc) is 3.53. The van der Waals surface area contributed by atoms with Crippen molar-refractivity contribution in [3.63, 3.8) is 0 Å². The number of benzene rings is 1. The highest BCUT2D eigenvalue weighted by Crippen LogP contribution is 2.23. The van der Waals surface area contributed by atoms with Gasteiger partial charge in [-0.1, -0.05) is 18.2 Å². The molecule has 3 N–H and O–H groups in total. The lowest BCUT2D eigenvalue weighted by atomic mass is 10.1. The van der Waals surface area contributed by atoms with E-state index >= 15 is 0 Å². The van der Waals surface area contributed by atoms with Crippen LogP contribution in [0, 0.1) is 0 Å². The van der Waals surface area contributed by atoms with Crippen molar-refractivity contribution in [3.8, 4) is 11.1 Å². The Labute approximate surface area is 195 Å². The highest BCUT2D eigenvalue weighted by Gasteiger charge is 2.13. The number of sulfonamides is 1. The lowest BCUT2D eigenvalue weighted by Gasteiger charge is -2.12. The van der Waals surface area contributed by atoms with Crippen molar-refractivity contribution >= 4 is 32.8 Å². The predicted molar refractivity (Wildman–Crippen MR) is 129 cm³/mol. The van der Waals surface area contributed by atoms with Gasteiger partial charge in [0.05, 0.1) is 24.4 Å². The Hall–Kier alpha value is -4.39. The van der Waals surface area contributed by atoms with Gasteiger partial charge in [-0.15, -0.1) is 0 Å². The third kappa shape index (κ3) is 4.54. The zero-order valence-electron chi connectivity index (χ0n) is 18.4. The molecule has 5 aromatic rings. The van der Waals surface area contributed by atoms with Gasteiger partial charge in [0.2, 0.25) is 16.0 Å². The first-order chi connectivity index (χ1) is 16.4. The molecule has 0 amide bonds. The van der Waals surface area contributed by atoms with Crippen LogP contribution in [0.4, 0.5) is 11.8 Å². The third-order valence-electron chi connectivity index (χ3n) is 5.04. The second-order valence-corrected chi connectivity index (χ2v) is 9.42. The van der Waals surface area contributed by atoms with E-state index in [1.165, 1.54) is 23.4 Å². The molecule has 0 unspecified atom stereocenters. The molecule has 0 aliphatic rings. The number of hydrogen-bond donors (Lipinski definition) is 3. The molecule has 13 heteroatoms. The highest BCUT2D eigenvalue weighted by molar-refractivity contribution is 7.91. The summed E-state index contributed by atoms with van der Waals surface area (Å²) in [5.41, 5.74) is 7.28. The molecule has 1 aromatic carbocycles. The number of aryl methyl sites for hydroxylation is 1. The minimum atomic E-state index is -3.47. The van der Waals surface area contributed by atoms with Crippen LogP contribution >= 0.6 is 0 Å². The molecular formula is C21H22N10O2S. The molecule has 0 radical (unpaired) electrons. The lowest BCUT2D eigenvalue weighted by molar-refractivity contribution is 0.601. The van der Waals surface area contributed by atoms with Gasteiger partial charge < -0.3 is 10.7 Å². The van der Waals surface area contributed by atoms with Crippen LogP contribution in [-0.2, 0) is 23.6 Å². The Kier molecular flexibility index (Phi) is 5.37. The number of imidazole rings is 1. The van der Waals surface area contributed by atoms with E-state index < -0.39 is 10.0 Å². The minimum Gasteiger partial charge on any atom is -0.320 e. The van der Waals surface area contributed by atoms with Crippen molar-refractivity contribution in [2.24, 2.45) is 7.05 Å². The van der Waals surface area contributed by atoms with E-state index in [-0.39, 0.29) is 5.95 Å². The van der Waals surface area contributed by atoms with E-state index in [9.17, 15) is 8.42 Å². The average molecular weight is 479 g/mol. The Morgan fingerprint density at radius 1 is 1.03 bits per heavy atom. The highest BCUT2D eigenvalue weighted by atomic mass is 32.2. The summed E-state index contributed by atoms with van der Waals surface area (Å²) in [6.45, 7) is 0.577. The van der Waals surface area contributed by atoms with E-state index in [1.807, 2.05) is 42.4 Å². The summed E-state index contributed by atoms with van der Waals surface area (Å²) in [5.74, 6) is 0.769. The quantitative estimate of drug-likeness (QED) is 0.308. The Balaban J connectivity index is 1.35. The predicted octanol–water partition coefficient (Wildman–Crippen LogP) is 2.02. The molecule has 0 saturated heterocycles. The molecule has 0 atom stereocenters. The van der Waals surface area contributed by atoms with Crippen molar-refractivity contribution in [2.45, 2.75) is 6.54 Å². The van der Waals surface area contributed by atoms with Gasteiger partial charge in [0.25, 0.3) is 0 Å². The summed E-state index contributed by atoms with van der Waals surface area (Å²) in [6, 6.07) is 10.1. The van der Waals surface area contributed by atoms with Crippen LogP contribution in [0.15, 0.2) is 67.6 Å². The molecule has 174 valence electrons. The topological polar surface area (TPSA) is 137 Å². The van der Waals surface area contributed by atoms with E-state index in [0.717, 1.165) is 28.3 Å². The van der Waals surface area contributed by atoms with Crippen LogP contribution < -0.4 is 15.6 Å². The smallest absolute Gasteiger partial charge is 0.243 e. The van der Waals surface area contributed by atoms with Crippen molar-refractivity contribution in [1.82, 2.24) is 34.1 Å². The standard InChI is InChI=1S/C21H22N10O2S/c1-29-13-17(12-25-29)16-5-3-4-15(10-16)11-26-30-8-6-18-19(23-14-24-20(18)30)27-21-22-7-9-31(21)28-34(2,32)33/h3-10,12-14,26,28H,11H2,1-2H3,(H,22,23,24,27). The summed E-state index contributed by atoms with van der Waals surface area (Å²) in [6.07, 6.45) is 11.2. The van der Waals surface area contributed by atoms with Crippen LogP contribution in [0.5, 0.6) is 0 Å². The summed E-state index contributed by atoms with van der Waals surface area (Å²) < 4.78 is 28.0. The van der Waals surface area contributed by atoms with Crippen molar-refractivity contribution < 1.29 is 8.42 Å². The molecule has 0 bridgehead atoms. The normalized spacial score (nSPS) is 11.6. The lowest BCUT2D eigenvalue weighted by Crippen LogP contribution is -2.22. The number of anilines is 2. The van der Waals surface area contributed by atoms with Crippen LogP contribution in [0.1, 0.15) is 5.56 Å². The Morgan fingerprint density at radius 2 is 1.91 bits per heavy atom. The van der Waals surface area contributed by atoms with Crippen LogP contribution in [0.2, 0.25) is 0 Å². The molecule has 12 nitrogen and oxygen atoms in total. The monoisotopic (exact) mass is 478 g/mol. The Bertz CT molecular complexity index is 1570. The number of rotatable bonds is 8. The second kappa shape index (κ2) is 8.51. The fourth-order valence-corrected chi connectivity index (χ4v) is 4.04. The van der Waals surface area contributed by atoms with Gasteiger partial charge in [-0.25, -0.2) is 37.6 Å². The van der Waals surface area contributed by atoms with E-state index in [0.29, 0.717) is 18.0 Å². The summed E-state index contributed by atoms with van der Waals surface area (Å²) in [5, 5.41) is 8.04. The maximum atomic E-state index is 11.6. The number of fused-ring (bicyclic) bond motifs is 1. The summed E-state index contributed by atoms with van der Waals surface area (Å²) >= 11 is 0. The second-order valence-electron chi connectivity index (χ2n) is 7.69. The maximum absolute atomic E-state index is 11.6. The minimum absolute atomic E-state index is 0.276. The molecule has 0 aliphatic heterocycles. The number of nitrogens with zero attached hydrogens (tertiary/aromatic N) is 7. The maximum Gasteiger partial charge on any atom is 0.243 e. The summed E-state index contributed by atoms with van der Waals surface area (Å²) in [4.78, 5) is 15.2. The van der Waals surface area contributed by atoms with Crippen molar-refractivity contribution in [2.75, 3.05) is 21.8 Å². The zero-order valence-corrected chi connectivity index (χ0v) is 19.2. The van der Waals surface area contributed by atoms with Crippen molar-refractivity contribution in [3.05, 3.63) is 73.2 Å². The van der Waals surface area contributed by atoms with E-state index in [4.69, 9.17) is 0 Å². The van der Waals surface area contributed by atoms with Gasteiger partial charge >= 0.3 is 0 Å². The molecule has 4 aromatic heterocycles. The number of nitrogens with one attached hydrogen (secondary N) is 3. The first kappa shape index (κ1) is 21.5. The largest absolute Gasteiger partial charge is 0.320 e. The first-order valence-corrected chi connectivity index (χ1v) is 12.2. The molecule has 34 heavy (non-hydrogen) atoms. The van der Waals surface area contributed by atoms with Gasteiger partial charge in [0.15, 0.2) is 5.65 Å². The van der Waals surface area contributed by atoms with Crippen LogP contribution in [0.25, 0.3) is 22.2 Å². The van der Waals surface area contributed by atoms with Gasteiger partial charge in [0, 0.05) is 37.4 Å². The zero-order chi connectivity index (χ0) is 23.7. The SMILES string of the molecule is Cn1cc(-c2cccc(CNn3ccc4c(Nc5nccn5NS(C)(=O)=O)ncnc43)c2)cn1. The van der Waals surface area contributed by atoms with Crippen molar-refractivity contribution in [1.29, 1.82) is 0 Å². The molecule has 5 rings (SSSR count). The Morgan fingerprint density at radius 3 is 2.71 bits per heavy atom. The third-order valence-corrected chi connectivity index (χ3v) is 5.56. The molecule has 0 fully saturated rings. The number of hydrogen-bond acceptors (Lipinski definition) is 8. The van der Waals surface area contributed by atoms with Crippen LogP contribution in [-0.4, -0.2) is 48.8 Å².